The zero-order valence-electron chi connectivity index (χ0n) is 21.1. The Morgan fingerprint density at radius 1 is 0.647 bits per heavy atom. The summed E-state index contributed by atoms with van der Waals surface area (Å²) >= 11 is 3.05. The molecule has 3 rings (SSSR count). The van der Waals surface area contributed by atoms with E-state index in [0.29, 0.717) is 26.2 Å². The lowest BCUT2D eigenvalue weighted by Crippen LogP contribution is -2.40. The summed E-state index contributed by atoms with van der Waals surface area (Å²) in [5.41, 5.74) is 1.66. The van der Waals surface area contributed by atoms with Gasteiger partial charge in [-0.15, -0.1) is 0 Å². The van der Waals surface area contributed by atoms with Crippen molar-refractivity contribution in [1.29, 1.82) is 0 Å². The van der Waals surface area contributed by atoms with E-state index in [1.807, 2.05) is 19.9 Å². The van der Waals surface area contributed by atoms with Crippen molar-refractivity contribution in [3.8, 4) is 0 Å². The molecular formula is C24H36N6O2S2. The molecule has 0 unspecified atom stereocenters. The number of rotatable bonds is 12. The predicted molar refractivity (Wildman–Crippen MR) is 144 cm³/mol. The van der Waals surface area contributed by atoms with Gasteiger partial charge in [0.2, 0.25) is 11.8 Å². The van der Waals surface area contributed by atoms with Crippen LogP contribution >= 0.6 is 22.7 Å². The summed E-state index contributed by atoms with van der Waals surface area (Å²) < 4.78 is 2.04. The van der Waals surface area contributed by atoms with Gasteiger partial charge < -0.3 is 0 Å². The van der Waals surface area contributed by atoms with Crippen LogP contribution in [0.1, 0.15) is 41.5 Å². The molecule has 0 bridgehead atoms. The summed E-state index contributed by atoms with van der Waals surface area (Å²) in [6.45, 7) is 17.5. The molecule has 8 nitrogen and oxygen atoms in total. The van der Waals surface area contributed by atoms with Crippen molar-refractivity contribution in [3.05, 3.63) is 12.1 Å². The largest absolute Gasteiger partial charge is 0.295 e. The smallest absolute Gasteiger partial charge is 0.242 e. The van der Waals surface area contributed by atoms with Crippen LogP contribution in [0.5, 0.6) is 0 Å². The predicted octanol–water partition coefficient (Wildman–Crippen LogP) is 4.30. The van der Waals surface area contributed by atoms with Gasteiger partial charge >= 0.3 is 0 Å². The molecular weight excluding hydrogens is 468 g/mol. The highest BCUT2D eigenvalue weighted by molar-refractivity contribution is 7.24. The van der Waals surface area contributed by atoms with E-state index in [0.717, 1.165) is 56.9 Å². The molecule has 0 saturated heterocycles. The van der Waals surface area contributed by atoms with Gasteiger partial charge in [0.25, 0.3) is 0 Å². The normalized spacial score (nSPS) is 11.8. The average Bonchev–Trinajstić information content (AvgIpc) is 3.42. The van der Waals surface area contributed by atoms with Crippen molar-refractivity contribution >= 4 is 65.2 Å². The van der Waals surface area contributed by atoms with E-state index in [1.54, 1.807) is 9.80 Å². The molecule has 0 aliphatic rings. The Balaban J connectivity index is 1.87. The molecule has 0 aliphatic carbocycles. The molecule has 0 spiro atoms. The van der Waals surface area contributed by atoms with Crippen molar-refractivity contribution in [2.45, 2.75) is 41.5 Å². The Kier molecular flexibility index (Phi) is 9.35. The summed E-state index contributed by atoms with van der Waals surface area (Å²) in [6.07, 6.45) is 0. The van der Waals surface area contributed by atoms with Crippen LogP contribution in [-0.4, -0.2) is 83.9 Å². The Morgan fingerprint density at radius 2 is 1.03 bits per heavy atom. The molecule has 3 aromatic rings. The van der Waals surface area contributed by atoms with E-state index in [-0.39, 0.29) is 11.8 Å². The third-order valence-corrected chi connectivity index (χ3v) is 8.16. The second-order valence-electron chi connectivity index (χ2n) is 7.98. The number of likely N-dealkylation sites (N-methyl/N-ethyl adjacent to an activating group) is 4. The van der Waals surface area contributed by atoms with Crippen LogP contribution in [0.25, 0.3) is 20.4 Å². The first-order chi connectivity index (χ1) is 16.4. The second kappa shape index (κ2) is 12.0. The minimum atomic E-state index is 0.0674. The Bertz CT molecular complexity index is 985. The van der Waals surface area contributed by atoms with Crippen LogP contribution in [0.2, 0.25) is 0 Å². The van der Waals surface area contributed by atoms with Gasteiger partial charge in [0, 0.05) is 13.1 Å². The maximum Gasteiger partial charge on any atom is 0.242 e. The number of anilines is 2. The molecule has 2 aromatic heterocycles. The van der Waals surface area contributed by atoms with E-state index < -0.39 is 0 Å². The lowest BCUT2D eigenvalue weighted by Gasteiger charge is -2.23. The van der Waals surface area contributed by atoms with Gasteiger partial charge in [-0.2, -0.15) is 0 Å². The molecule has 0 N–H and O–H groups in total. The first-order valence-electron chi connectivity index (χ1n) is 12.1. The fourth-order valence-electron chi connectivity index (χ4n) is 3.84. The summed E-state index contributed by atoms with van der Waals surface area (Å²) in [4.78, 5) is 43.1. The number of hydrogen-bond acceptors (Lipinski definition) is 8. The van der Waals surface area contributed by atoms with Crippen molar-refractivity contribution in [1.82, 2.24) is 19.8 Å². The Morgan fingerprint density at radius 3 is 1.35 bits per heavy atom. The third kappa shape index (κ3) is 5.73. The molecule has 0 fully saturated rings. The molecule has 10 heteroatoms. The van der Waals surface area contributed by atoms with Crippen LogP contribution in [-0.2, 0) is 9.59 Å². The average molecular weight is 505 g/mol. The van der Waals surface area contributed by atoms with Crippen LogP contribution < -0.4 is 9.80 Å². The molecule has 0 saturated carbocycles. The first-order valence-corrected chi connectivity index (χ1v) is 13.8. The summed E-state index contributed by atoms with van der Waals surface area (Å²) in [7, 11) is 0. The van der Waals surface area contributed by atoms with Crippen LogP contribution in [0, 0.1) is 0 Å². The monoisotopic (exact) mass is 504 g/mol. The minimum absolute atomic E-state index is 0.0674. The van der Waals surface area contributed by atoms with Crippen molar-refractivity contribution in [3.63, 3.8) is 0 Å². The summed E-state index contributed by atoms with van der Waals surface area (Å²) in [6, 6.07) is 4.05. The van der Waals surface area contributed by atoms with Gasteiger partial charge in [-0.05, 0) is 52.2 Å². The van der Waals surface area contributed by atoms with Gasteiger partial charge in [-0.25, -0.2) is 9.97 Å². The minimum Gasteiger partial charge on any atom is -0.295 e. The zero-order chi connectivity index (χ0) is 24.8. The summed E-state index contributed by atoms with van der Waals surface area (Å²) in [5, 5.41) is 1.44. The summed E-state index contributed by atoms with van der Waals surface area (Å²) in [5.74, 6) is 0.135. The lowest BCUT2D eigenvalue weighted by atomic mass is 10.3. The number of hydrogen-bond donors (Lipinski definition) is 0. The molecule has 34 heavy (non-hydrogen) atoms. The van der Waals surface area contributed by atoms with Crippen molar-refractivity contribution in [2.24, 2.45) is 0 Å². The van der Waals surface area contributed by atoms with Gasteiger partial charge in [-0.1, -0.05) is 50.4 Å². The molecule has 0 atom stereocenters. The van der Waals surface area contributed by atoms with E-state index >= 15 is 0 Å². The maximum absolute atomic E-state index is 12.9. The van der Waals surface area contributed by atoms with E-state index in [1.165, 1.54) is 22.7 Å². The van der Waals surface area contributed by atoms with Gasteiger partial charge in [0.05, 0.1) is 33.5 Å². The quantitative estimate of drug-likeness (QED) is 0.366. The number of thiazole rings is 2. The SMILES string of the molecule is CCN(CC)CC(=O)N(CC)c1nc2cc3nc(N(CC)C(=O)CN(CC)CC)sc3cc2s1. The number of aromatic nitrogens is 2. The van der Waals surface area contributed by atoms with Gasteiger partial charge in [-0.3, -0.25) is 29.2 Å². The standard InChI is InChI=1S/C24H36N6O2S2/c1-7-27(8-2)15-21(31)29(11-5)23-25-17-13-18-20(14-19(17)33-23)34-24(26-18)30(12-6)22(32)16-28(9-3)10-4/h13-14H,7-12,15-16H2,1-6H3. The van der Waals surface area contributed by atoms with E-state index in [2.05, 4.69) is 43.6 Å². The number of nitrogens with zero attached hydrogens (tertiary/aromatic N) is 6. The van der Waals surface area contributed by atoms with Crippen LogP contribution in [0.3, 0.4) is 0 Å². The fraction of sp³-hybridized carbons (Fsp3) is 0.583. The fourth-order valence-corrected chi connectivity index (χ4v) is 6.05. The Labute approximate surface area is 210 Å². The number of fused-ring (bicyclic) bond motifs is 2. The van der Waals surface area contributed by atoms with Gasteiger partial charge in [0.15, 0.2) is 10.3 Å². The number of carbonyl (C=O) groups excluding carboxylic acids is 2. The van der Waals surface area contributed by atoms with Gasteiger partial charge in [0.1, 0.15) is 0 Å². The van der Waals surface area contributed by atoms with E-state index in [9.17, 15) is 9.59 Å². The lowest BCUT2D eigenvalue weighted by molar-refractivity contribution is -0.120. The molecule has 2 amide bonds. The van der Waals surface area contributed by atoms with Crippen molar-refractivity contribution in [2.75, 3.05) is 62.2 Å². The van der Waals surface area contributed by atoms with Crippen LogP contribution in [0.4, 0.5) is 10.3 Å². The first kappa shape index (κ1) is 26.5. The molecule has 1 aromatic carbocycles. The Hall–Kier alpha value is -2.14. The number of amides is 2. The highest BCUT2D eigenvalue weighted by Crippen LogP contribution is 2.36. The number of benzene rings is 1. The second-order valence-corrected chi connectivity index (χ2v) is 10.00. The zero-order valence-corrected chi connectivity index (χ0v) is 22.8. The van der Waals surface area contributed by atoms with Crippen LogP contribution in [0.15, 0.2) is 12.1 Å². The van der Waals surface area contributed by atoms with Crippen molar-refractivity contribution < 1.29 is 9.59 Å². The third-order valence-electron chi connectivity index (χ3n) is 6.08. The maximum atomic E-state index is 12.9. The highest BCUT2D eigenvalue weighted by Gasteiger charge is 2.22. The molecule has 0 aliphatic heterocycles. The molecule has 186 valence electrons. The topological polar surface area (TPSA) is 72.9 Å². The molecule has 0 radical (unpaired) electrons. The molecule has 2 heterocycles. The van der Waals surface area contributed by atoms with E-state index in [4.69, 9.17) is 9.97 Å². The highest BCUT2D eigenvalue weighted by atomic mass is 32.1. The number of carbonyl (C=O) groups is 2.